The van der Waals surface area contributed by atoms with Gasteiger partial charge in [0.1, 0.15) is 12.1 Å². The fourth-order valence-corrected chi connectivity index (χ4v) is 4.30. The van der Waals surface area contributed by atoms with Gasteiger partial charge in [-0.2, -0.15) is 5.26 Å². The van der Waals surface area contributed by atoms with Gasteiger partial charge >= 0.3 is 0 Å². The number of rotatable bonds is 5. The van der Waals surface area contributed by atoms with Crippen LogP contribution in [0.2, 0.25) is 0 Å². The van der Waals surface area contributed by atoms with E-state index in [9.17, 15) is 8.42 Å². The second-order valence-electron chi connectivity index (χ2n) is 6.80. The lowest BCUT2D eigenvalue weighted by atomic mass is 10.2. The molecule has 0 amide bonds. The van der Waals surface area contributed by atoms with Crippen molar-refractivity contribution in [3.8, 4) is 17.7 Å². The minimum Gasteiger partial charge on any atom is -0.436 e. The van der Waals surface area contributed by atoms with Gasteiger partial charge in [-0.15, -0.1) is 10.2 Å². The third-order valence-electron chi connectivity index (χ3n) is 4.70. The summed E-state index contributed by atoms with van der Waals surface area (Å²) in [6.07, 6.45) is 1.59. The molecule has 0 spiro atoms. The van der Waals surface area contributed by atoms with Crippen LogP contribution in [0.1, 0.15) is 5.56 Å². The summed E-state index contributed by atoms with van der Waals surface area (Å²) >= 11 is 0. The first-order chi connectivity index (χ1) is 15.5. The number of fused-ring (bicyclic) bond motifs is 3. The Morgan fingerprint density at radius 3 is 2.62 bits per heavy atom. The van der Waals surface area contributed by atoms with E-state index in [1.807, 2.05) is 30.3 Å². The van der Waals surface area contributed by atoms with Gasteiger partial charge in [0.25, 0.3) is 15.9 Å². The molecule has 2 heterocycles. The number of nitrogens with zero attached hydrogens (tertiary/aromatic N) is 5. The summed E-state index contributed by atoms with van der Waals surface area (Å²) in [7, 11) is -3.84. The van der Waals surface area contributed by atoms with Gasteiger partial charge < -0.3 is 4.74 Å². The minimum absolute atomic E-state index is 0.00596. The maximum absolute atomic E-state index is 12.6. The summed E-state index contributed by atoms with van der Waals surface area (Å²) < 4.78 is 35.4. The maximum Gasteiger partial charge on any atom is 0.266 e. The normalized spacial score (nSPS) is 11.3. The molecule has 9 nitrogen and oxygen atoms in total. The van der Waals surface area contributed by atoms with Crippen LogP contribution in [0.25, 0.3) is 16.7 Å². The van der Waals surface area contributed by atoms with Crippen LogP contribution in [0.4, 0.5) is 5.69 Å². The molecule has 5 rings (SSSR count). The van der Waals surface area contributed by atoms with Crippen molar-refractivity contribution in [3.63, 3.8) is 0 Å². The van der Waals surface area contributed by atoms with Crippen LogP contribution in [-0.4, -0.2) is 28.0 Å². The number of nitrogens with one attached hydrogen (secondary N) is 1. The molecule has 0 radical (unpaired) electrons. The van der Waals surface area contributed by atoms with E-state index in [0.29, 0.717) is 17.1 Å². The van der Waals surface area contributed by atoms with Gasteiger partial charge in [-0.25, -0.2) is 13.4 Å². The number of sulfonamides is 1. The molecule has 0 aliphatic rings. The first-order valence-corrected chi connectivity index (χ1v) is 10.9. The first kappa shape index (κ1) is 19.5. The smallest absolute Gasteiger partial charge is 0.266 e. The number of hydrogen-bond acceptors (Lipinski definition) is 7. The number of anilines is 1. The van der Waals surface area contributed by atoms with E-state index in [1.165, 1.54) is 18.2 Å². The van der Waals surface area contributed by atoms with E-state index >= 15 is 0 Å². The van der Waals surface area contributed by atoms with Crippen molar-refractivity contribution < 1.29 is 13.2 Å². The fourth-order valence-electron chi connectivity index (χ4n) is 3.20. The first-order valence-electron chi connectivity index (χ1n) is 9.43. The zero-order valence-electron chi connectivity index (χ0n) is 16.4. The highest BCUT2D eigenvalue weighted by molar-refractivity contribution is 7.92. The predicted molar refractivity (Wildman–Crippen MR) is 117 cm³/mol. The highest BCUT2D eigenvalue weighted by Gasteiger charge is 2.16. The third kappa shape index (κ3) is 3.57. The molecule has 10 heteroatoms. The zero-order valence-corrected chi connectivity index (χ0v) is 17.2. The van der Waals surface area contributed by atoms with Crippen LogP contribution in [0.5, 0.6) is 11.6 Å². The Balaban J connectivity index is 1.41. The number of hydrogen-bond donors (Lipinski definition) is 1. The number of aromatic nitrogens is 4. The zero-order chi connectivity index (χ0) is 22.1. The lowest BCUT2D eigenvalue weighted by molar-refractivity contribution is 0.467. The number of ether oxygens (including phenoxy) is 1. The van der Waals surface area contributed by atoms with Crippen molar-refractivity contribution in [3.05, 3.63) is 84.7 Å². The molecule has 0 unspecified atom stereocenters. The SMILES string of the molecule is N#Cc1cccc(S(=O)(=O)Nc2ccc(Oc3nc4ccccc4n4cnnc34)cc2)c1. The van der Waals surface area contributed by atoms with E-state index in [0.717, 1.165) is 11.0 Å². The van der Waals surface area contributed by atoms with Crippen LogP contribution in [0.15, 0.2) is 84.0 Å². The average Bonchev–Trinajstić information content (AvgIpc) is 3.31. The van der Waals surface area contributed by atoms with E-state index in [-0.39, 0.29) is 16.3 Å². The van der Waals surface area contributed by atoms with Gasteiger partial charge in [-0.3, -0.25) is 9.12 Å². The van der Waals surface area contributed by atoms with Crippen LogP contribution in [0.3, 0.4) is 0 Å². The number of nitriles is 1. The largest absolute Gasteiger partial charge is 0.436 e. The van der Waals surface area contributed by atoms with Gasteiger partial charge in [0, 0.05) is 5.69 Å². The molecule has 0 bridgehead atoms. The molecule has 0 saturated heterocycles. The lowest BCUT2D eigenvalue weighted by Gasteiger charge is -2.10. The Labute approximate surface area is 182 Å². The van der Waals surface area contributed by atoms with E-state index in [4.69, 9.17) is 10.00 Å². The number of benzene rings is 3. The fraction of sp³-hybridized carbons (Fsp3) is 0. The molecule has 2 aromatic heterocycles. The maximum atomic E-state index is 12.6. The quantitative estimate of drug-likeness (QED) is 0.440. The Bertz CT molecular complexity index is 1600. The van der Waals surface area contributed by atoms with Crippen molar-refractivity contribution in [2.24, 2.45) is 0 Å². The lowest BCUT2D eigenvalue weighted by Crippen LogP contribution is -2.13. The molecular formula is C22H14N6O3S. The summed E-state index contributed by atoms with van der Waals surface area (Å²) in [4.78, 5) is 4.53. The molecule has 1 N–H and O–H groups in total. The summed E-state index contributed by atoms with van der Waals surface area (Å²) in [5.74, 6) is 0.731. The minimum atomic E-state index is -3.84. The van der Waals surface area contributed by atoms with Crippen LogP contribution in [-0.2, 0) is 10.0 Å². The molecule has 3 aromatic carbocycles. The van der Waals surface area contributed by atoms with E-state index in [2.05, 4.69) is 19.9 Å². The van der Waals surface area contributed by atoms with Crippen molar-refractivity contribution >= 4 is 32.4 Å². The van der Waals surface area contributed by atoms with Gasteiger partial charge in [0.15, 0.2) is 0 Å². The molecule has 5 aromatic rings. The monoisotopic (exact) mass is 442 g/mol. The average molecular weight is 442 g/mol. The molecule has 0 atom stereocenters. The number of para-hydroxylation sites is 2. The third-order valence-corrected chi connectivity index (χ3v) is 6.08. The second kappa shape index (κ2) is 7.64. The van der Waals surface area contributed by atoms with Crippen molar-refractivity contribution in [1.29, 1.82) is 5.26 Å². The van der Waals surface area contributed by atoms with Crippen LogP contribution < -0.4 is 9.46 Å². The molecule has 0 saturated carbocycles. The topological polar surface area (TPSA) is 122 Å². The predicted octanol–water partition coefficient (Wildman–Crippen LogP) is 3.74. The van der Waals surface area contributed by atoms with E-state index < -0.39 is 10.0 Å². The Hall–Kier alpha value is -4.49. The highest BCUT2D eigenvalue weighted by Crippen LogP contribution is 2.28. The van der Waals surface area contributed by atoms with Gasteiger partial charge in [0.2, 0.25) is 5.65 Å². The molecule has 32 heavy (non-hydrogen) atoms. The van der Waals surface area contributed by atoms with Crippen molar-refractivity contribution in [1.82, 2.24) is 19.6 Å². The van der Waals surface area contributed by atoms with Crippen LogP contribution in [0, 0.1) is 11.3 Å². The molecule has 0 aliphatic heterocycles. The standard InChI is InChI=1S/C22H14N6O3S/c23-13-15-4-3-5-18(12-15)32(29,30)27-16-8-10-17(11-9-16)31-22-21-26-24-14-28(21)20-7-2-1-6-19(20)25-22/h1-12,14,27H. The molecule has 0 aliphatic carbocycles. The summed E-state index contributed by atoms with van der Waals surface area (Å²) in [6.45, 7) is 0. The molecule has 156 valence electrons. The summed E-state index contributed by atoms with van der Waals surface area (Å²) in [5.41, 5.74) is 2.65. The Morgan fingerprint density at radius 1 is 1.00 bits per heavy atom. The Kier molecular flexibility index (Phi) is 4.65. The van der Waals surface area contributed by atoms with Crippen molar-refractivity contribution in [2.45, 2.75) is 4.90 Å². The van der Waals surface area contributed by atoms with Crippen molar-refractivity contribution in [2.75, 3.05) is 4.72 Å². The molecular weight excluding hydrogens is 428 g/mol. The van der Waals surface area contributed by atoms with E-state index in [1.54, 1.807) is 41.1 Å². The van der Waals surface area contributed by atoms with Gasteiger partial charge in [-0.1, -0.05) is 18.2 Å². The van der Waals surface area contributed by atoms with Gasteiger partial charge in [0.05, 0.1) is 27.6 Å². The van der Waals surface area contributed by atoms with Crippen LogP contribution >= 0.6 is 0 Å². The summed E-state index contributed by atoms with van der Waals surface area (Å²) in [6, 6.07) is 21.7. The Morgan fingerprint density at radius 2 is 1.81 bits per heavy atom. The molecule has 0 fully saturated rings. The second-order valence-corrected chi connectivity index (χ2v) is 8.48. The summed E-state index contributed by atoms with van der Waals surface area (Å²) in [5, 5.41) is 17.0. The highest BCUT2D eigenvalue weighted by atomic mass is 32.2. The van der Waals surface area contributed by atoms with Gasteiger partial charge in [-0.05, 0) is 54.6 Å².